The third kappa shape index (κ3) is 42.0. The van der Waals surface area contributed by atoms with Crippen LogP contribution in [0.1, 0.15) is 0 Å². The number of hydrogen-bond donors (Lipinski definition) is 3. The third-order valence-electron chi connectivity index (χ3n) is 1.09. The lowest BCUT2D eigenvalue weighted by atomic mass is 10.5. The zero-order chi connectivity index (χ0) is 12.5. The fourth-order valence-corrected chi connectivity index (χ4v) is 0.470. The normalized spacial score (nSPS) is 11.3. The van der Waals surface area contributed by atoms with Crippen molar-refractivity contribution in [3.05, 3.63) is 0 Å². The Morgan fingerprint density at radius 3 is 2.00 bits per heavy atom. The monoisotopic (exact) mass is 240 g/mol. The molecule has 0 unspecified atom stereocenters. The molecule has 0 aliphatic rings. The van der Waals surface area contributed by atoms with E-state index in [0.717, 1.165) is 17.6 Å². The van der Waals surface area contributed by atoms with Gasteiger partial charge in [0.1, 0.15) is 13.2 Å². The van der Waals surface area contributed by atoms with Gasteiger partial charge >= 0.3 is 7.82 Å². The predicted molar refractivity (Wildman–Crippen MR) is 56.8 cm³/mol. The van der Waals surface area contributed by atoms with E-state index in [4.69, 9.17) is 30.4 Å². The van der Waals surface area contributed by atoms with Gasteiger partial charge in [-0.1, -0.05) is 5.92 Å². The van der Waals surface area contributed by atoms with Crippen molar-refractivity contribution in [3.8, 4) is 12.3 Å². The van der Waals surface area contributed by atoms with Gasteiger partial charge < -0.3 is 23.9 Å². The first-order valence-corrected chi connectivity index (χ1v) is 5.73. The SMILES string of the molecule is C#CCOCC[N+](C)(C)C.O=P(O)(O)O. The minimum atomic E-state index is -4.64. The van der Waals surface area contributed by atoms with Gasteiger partial charge in [0.2, 0.25) is 0 Å². The molecule has 0 aromatic carbocycles. The average molecular weight is 240 g/mol. The van der Waals surface area contributed by atoms with Gasteiger partial charge in [-0.3, -0.25) is 0 Å². The second-order valence-corrected chi connectivity index (χ2v) is 4.81. The van der Waals surface area contributed by atoms with Crippen LogP contribution in [0.5, 0.6) is 0 Å². The lowest BCUT2D eigenvalue weighted by Gasteiger charge is -2.23. The second kappa shape index (κ2) is 7.83. The summed E-state index contributed by atoms with van der Waals surface area (Å²) >= 11 is 0. The lowest BCUT2D eigenvalue weighted by molar-refractivity contribution is -0.870. The van der Waals surface area contributed by atoms with Crippen molar-refractivity contribution in [2.45, 2.75) is 0 Å². The largest absolute Gasteiger partial charge is 0.466 e. The Hall–Kier alpha value is -0.410. The molecule has 0 aliphatic carbocycles. The molecule has 0 heterocycles. The minimum absolute atomic E-state index is 0.431. The molecule has 0 spiro atoms. The Kier molecular flexibility index (Phi) is 8.87. The molecule has 0 aromatic rings. The number of quaternary nitrogens is 1. The summed E-state index contributed by atoms with van der Waals surface area (Å²) < 4.78 is 14.9. The van der Waals surface area contributed by atoms with E-state index < -0.39 is 7.82 Å². The van der Waals surface area contributed by atoms with Crippen LogP contribution in [0.25, 0.3) is 0 Å². The lowest BCUT2D eigenvalue weighted by Crippen LogP contribution is -2.37. The van der Waals surface area contributed by atoms with Gasteiger partial charge in [-0.05, 0) is 0 Å². The maximum absolute atomic E-state index is 8.88. The third-order valence-corrected chi connectivity index (χ3v) is 1.09. The first-order chi connectivity index (χ1) is 6.56. The molecule has 6 nitrogen and oxygen atoms in total. The molecule has 0 atom stereocenters. The van der Waals surface area contributed by atoms with Gasteiger partial charge in [0, 0.05) is 0 Å². The minimum Gasteiger partial charge on any atom is -0.363 e. The summed E-state index contributed by atoms with van der Waals surface area (Å²) in [5.41, 5.74) is 0. The molecule has 0 saturated heterocycles. The van der Waals surface area contributed by atoms with Crippen LogP contribution in [0.3, 0.4) is 0 Å². The molecule has 90 valence electrons. The van der Waals surface area contributed by atoms with E-state index in [1.807, 2.05) is 0 Å². The number of phosphoric acid groups is 1. The molecule has 0 aliphatic heterocycles. The molecule has 0 amide bonds. The zero-order valence-electron chi connectivity index (χ0n) is 9.25. The van der Waals surface area contributed by atoms with Crippen molar-refractivity contribution >= 4 is 7.82 Å². The quantitative estimate of drug-likeness (QED) is 0.265. The van der Waals surface area contributed by atoms with Crippen LogP contribution in [0, 0.1) is 12.3 Å². The van der Waals surface area contributed by atoms with Crippen LogP contribution in [0.4, 0.5) is 0 Å². The van der Waals surface area contributed by atoms with Crippen molar-refractivity contribution in [2.24, 2.45) is 0 Å². The fraction of sp³-hybridized carbons (Fsp3) is 0.750. The molecular formula is C8H19NO5P+. The number of hydrogen-bond acceptors (Lipinski definition) is 2. The summed E-state index contributed by atoms with van der Waals surface area (Å²) in [7, 11) is 1.73. The smallest absolute Gasteiger partial charge is 0.363 e. The van der Waals surface area contributed by atoms with Crippen LogP contribution in [0.15, 0.2) is 0 Å². The second-order valence-electron chi connectivity index (χ2n) is 3.78. The Morgan fingerprint density at radius 1 is 1.33 bits per heavy atom. The van der Waals surface area contributed by atoms with Crippen molar-refractivity contribution in [3.63, 3.8) is 0 Å². The van der Waals surface area contributed by atoms with Gasteiger partial charge in [-0.2, -0.15) is 0 Å². The molecule has 7 heteroatoms. The highest BCUT2D eigenvalue weighted by molar-refractivity contribution is 7.45. The topological polar surface area (TPSA) is 87.0 Å². The fourth-order valence-electron chi connectivity index (χ4n) is 0.470. The van der Waals surface area contributed by atoms with Crippen LogP contribution in [0.2, 0.25) is 0 Å². The van der Waals surface area contributed by atoms with E-state index in [-0.39, 0.29) is 0 Å². The molecule has 0 radical (unpaired) electrons. The van der Waals surface area contributed by atoms with Gasteiger partial charge in [0.05, 0.1) is 27.7 Å². The highest BCUT2D eigenvalue weighted by Crippen LogP contribution is 2.25. The van der Waals surface area contributed by atoms with Gasteiger partial charge in [0.15, 0.2) is 0 Å². The number of rotatable bonds is 4. The van der Waals surface area contributed by atoms with Crippen LogP contribution >= 0.6 is 7.82 Å². The average Bonchev–Trinajstić information content (AvgIpc) is 1.93. The summed E-state index contributed by atoms with van der Waals surface area (Å²) in [6, 6.07) is 0. The Balaban J connectivity index is 0. The predicted octanol–water partition coefficient (Wildman–Crippen LogP) is -0.586. The van der Waals surface area contributed by atoms with Crippen molar-refractivity contribution < 1.29 is 28.5 Å². The summed E-state index contributed by atoms with van der Waals surface area (Å²) in [5, 5.41) is 0. The number of nitrogens with zero attached hydrogens (tertiary/aromatic N) is 1. The Bertz CT molecular complexity index is 228. The first kappa shape index (κ1) is 17.0. The molecule has 0 bridgehead atoms. The van der Waals surface area contributed by atoms with Crippen LogP contribution in [-0.2, 0) is 9.30 Å². The van der Waals surface area contributed by atoms with Crippen molar-refractivity contribution in [1.29, 1.82) is 0 Å². The standard InChI is InChI=1S/C8H16NO.H3O4P/c1-5-7-10-8-6-9(2,3)4;1-5(2,3)4/h1H,6-8H2,2-4H3;(H3,1,2,3,4)/q+1;. The van der Waals surface area contributed by atoms with E-state index in [2.05, 4.69) is 27.1 Å². The summed E-state index contributed by atoms with van der Waals surface area (Å²) in [6.45, 7) is 2.18. The van der Waals surface area contributed by atoms with E-state index in [0.29, 0.717) is 6.61 Å². The van der Waals surface area contributed by atoms with Crippen LogP contribution in [-0.4, -0.2) is 60.1 Å². The number of ether oxygens (including phenoxy) is 1. The maximum atomic E-state index is 8.88. The highest BCUT2D eigenvalue weighted by Gasteiger charge is 2.04. The molecule has 0 saturated carbocycles. The molecular weight excluding hydrogens is 221 g/mol. The summed E-state index contributed by atoms with van der Waals surface area (Å²) in [6.07, 6.45) is 5.00. The summed E-state index contributed by atoms with van der Waals surface area (Å²) in [4.78, 5) is 21.6. The molecule has 3 N–H and O–H groups in total. The number of terminal acetylenes is 1. The van der Waals surface area contributed by atoms with Crippen LogP contribution < -0.4 is 0 Å². The molecule has 0 aromatic heterocycles. The zero-order valence-corrected chi connectivity index (χ0v) is 10.1. The number of likely N-dealkylation sites (N-methyl/N-ethyl adjacent to an activating group) is 1. The Morgan fingerprint density at radius 2 is 1.73 bits per heavy atom. The van der Waals surface area contributed by atoms with Gasteiger partial charge in [0.25, 0.3) is 0 Å². The van der Waals surface area contributed by atoms with Gasteiger partial charge in [-0.15, -0.1) is 6.42 Å². The van der Waals surface area contributed by atoms with E-state index in [1.165, 1.54) is 0 Å². The van der Waals surface area contributed by atoms with Crippen molar-refractivity contribution in [2.75, 3.05) is 40.9 Å². The molecule has 15 heavy (non-hydrogen) atoms. The van der Waals surface area contributed by atoms with Crippen molar-refractivity contribution in [1.82, 2.24) is 0 Å². The van der Waals surface area contributed by atoms with E-state index >= 15 is 0 Å². The highest BCUT2D eigenvalue weighted by atomic mass is 31.2. The van der Waals surface area contributed by atoms with E-state index in [9.17, 15) is 0 Å². The maximum Gasteiger partial charge on any atom is 0.466 e. The van der Waals surface area contributed by atoms with E-state index in [1.54, 1.807) is 0 Å². The molecule has 0 rings (SSSR count). The Labute approximate surface area is 90.3 Å². The summed E-state index contributed by atoms with van der Waals surface area (Å²) in [5.74, 6) is 2.42. The molecule has 0 fully saturated rings. The van der Waals surface area contributed by atoms with Gasteiger partial charge in [-0.25, -0.2) is 4.57 Å². The first-order valence-electron chi connectivity index (χ1n) is 4.16.